The van der Waals surface area contributed by atoms with E-state index in [1.165, 1.54) is 11.5 Å². The van der Waals surface area contributed by atoms with Gasteiger partial charge in [0.1, 0.15) is 0 Å². The lowest BCUT2D eigenvalue weighted by Crippen LogP contribution is -2.20. The van der Waals surface area contributed by atoms with Crippen LogP contribution in [0.25, 0.3) is 0 Å². The predicted octanol–water partition coefficient (Wildman–Crippen LogP) is 3.36. The fourth-order valence-corrected chi connectivity index (χ4v) is 3.56. The van der Waals surface area contributed by atoms with E-state index in [0.717, 1.165) is 29.7 Å². The van der Waals surface area contributed by atoms with Crippen LogP contribution in [0.15, 0.2) is 12.1 Å². The van der Waals surface area contributed by atoms with E-state index in [2.05, 4.69) is 5.32 Å². The van der Waals surface area contributed by atoms with Crippen molar-refractivity contribution in [2.45, 2.75) is 33.1 Å². The standard InChI is InChI=1S/C15H22N2OS/c1-10-7-13(16)14(8-11(10)2)17-15(18)9-12-3-5-19-6-4-12/h7-8,12H,3-6,9,16H2,1-2H3,(H,17,18). The number of carbonyl (C=O) groups is 1. The van der Waals surface area contributed by atoms with E-state index in [1.807, 2.05) is 37.7 Å². The Balaban J connectivity index is 1.96. The second-order valence-electron chi connectivity index (χ2n) is 5.33. The Kier molecular flexibility index (Phi) is 4.75. The molecule has 104 valence electrons. The van der Waals surface area contributed by atoms with Crippen LogP contribution >= 0.6 is 11.8 Å². The zero-order valence-electron chi connectivity index (χ0n) is 11.7. The monoisotopic (exact) mass is 278 g/mol. The zero-order valence-corrected chi connectivity index (χ0v) is 12.5. The van der Waals surface area contributed by atoms with Crippen molar-refractivity contribution in [3.8, 4) is 0 Å². The maximum Gasteiger partial charge on any atom is 0.224 e. The Labute approximate surface area is 119 Å². The highest BCUT2D eigenvalue weighted by molar-refractivity contribution is 7.99. The van der Waals surface area contributed by atoms with Crippen molar-refractivity contribution in [3.05, 3.63) is 23.3 Å². The molecule has 0 unspecified atom stereocenters. The minimum absolute atomic E-state index is 0.0897. The molecular formula is C15H22N2OS. The SMILES string of the molecule is Cc1cc(N)c(NC(=O)CC2CCSCC2)cc1C. The largest absolute Gasteiger partial charge is 0.397 e. The van der Waals surface area contributed by atoms with Gasteiger partial charge in [-0.2, -0.15) is 11.8 Å². The lowest BCUT2D eigenvalue weighted by molar-refractivity contribution is -0.117. The van der Waals surface area contributed by atoms with Gasteiger partial charge in [-0.1, -0.05) is 0 Å². The average molecular weight is 278 g/mol. The van der Waals surface area contributed by atoms with Gasteiger partial charge in [0.2, 0.25) is 5.91 Å². The van der Waals surface area contributed by atoms with Crippen molar-refractivity contribution in [1.29, 1.82) is 0 Å². The number of amides is 1. The van der Waals surface area contributed by atoms with E-state index in [9.17, 15) is 4.79 Å². The molecule has 0 aliphatic carbocycles. The minimum Gasteiger partial charge on any atom is -0.397 e. The number of anilines is 2. The summed E-state index contributed by atoms with van der Waals surface area (Å²) in [6.45, 7) is 4.06. The molecule has 4 heteroatoms. The van der Waals surface area contributed by atoms with E-state index >= 15 is 0 Å². The quantitative estimate of drug-likeness (QED) is 0.834. The Bertz CT molecular complexity index is 467. The Morgan fingerprint density at radius 3 is 2.63 bits per heavy atom. The summed E-state index contributed by atoms with van der Waals surface area (Å²) >= 11 is 1.98. The first-order chi connectivity index (χ1) is 9.06. The highest BCUT2D eigenvalue weighted by atomic mass is 32.2. The summed E-state index contributed by atoms with van der Waals surface area (Å²) in [5.74, 6) is 2.99. The number of nitrogens with two attached hydrogens (primary N) is 1. The molecule has 3 nitrogen and oxygen atoms in total. The minimum atomic E-state index is 0.0897. The number of rotatable bonds is 3. The van der Waals surface area contributed by atoms with Crippen LogP contribution in [0.5, 0.6) is 0 Å². The number of thioether (sulfide) groups is 1. The Morgan fingerprint density at radius 1 is 1.32 bits per heavy atom. The van der Waals surface area contributed by atoms with Crippen LogP contribution in [-0.2, 0) is 4.79 Å². The van der Waals surface area contributed by atoms with Crippen LogP contribution in [0.4, 0.5) is 11.4 Å². The van der Waals surface area contributed by atoms with Gasteiger partial charge in [-0.15, -0.1) is 0 Å². The third-order valence-electron chi connectivity index (χ3n) is 3.75. The van der Waals surface area contributed by atoms with Crippen LogP contribution in [0.1, 0.15) is 30.4 Å². The van der Waals surface area contributed by atoms with E-state index < -0.39 is 0 Å². The summed E-state index contributed by atoms with van der Waals surface area (Å²) in [4.78, 5) is 12.1. The van der Waals surface area contributed by atoms with Gasteiger partial charge in [0.05, 0.1) is 11.4 Å². The van der Waals surface area contributed by atoms with Gasteiger partial charge in [-0.05, 0) is 67.4 Å². The fraction of sp³-hybridized carbons (Fsp3) is 0.533. The third kappa shape index (κ3) is 3.90. The molecule has 1 heterocycles. The van der Waals surface area contributed by atoms with Crippen molar-refractivity contribution < 1.29 is 4.79 Å². The molecule has 0 radical (unpaired) electrons. The van der Waals surface area contributed by atoms with Crippen molar-refractivity contribution in [1.82, 2.24) is 0 Å². The molecule has 0 bridgehead atoms. The number of benzene rings is 1. The second kappa shape index (κ2) is 6.33. The Morgan fingerprint density at radius 2 is 1.95 bits per heavy atom. The first-order valence-corrected chi connectivity index (χ1v) is 7.96. The molecule has 1 aliphatic heterocycles. The van der Waals surface area contributed by atoms with Gasteiger partial charge < -0.3 is 11.1 Å². The van der Waals surface area contributed by atoms with Crippen molar-refractivity contribution in [3.63, 3.8) is 0 Å². The summed E-state index contributed by atoms with van der Waals surface area (Å²) in [6.07, 6.45) is 2.92. The van der Waals surface area contributed by atoms with Crippen LogP contribution in [0.2, 0.25) is 0 Å². The molecule has 19 heavy (non-hydrogen) atoms. The molecule has 1 aromatic rings. The molecule has 0 spiro atoms. The molecule has 0 saturated carbocycles. The van der Waals surface area contributed by atoms with Crippen LogP contribution < -0.4 is 11.1 Å². The van der Waals surface area contributed by atoms with Crippen LogP contribution in [-0.4, -0.2) is 17.4 Å². The number of hydrogen-bond donors (Lipinski definition) is 2. The first-order valence-electron chi connectivity index (χ1n) is 6.80. The maximum atomic E-state index is 12.1. The lowest BCUT2D eigenvalue weighted by atomic mass is 9.98. The lowest BCUT2D eigenvalue weighted by Gasteiger charge is -2.21. The van der Waals surface area contributed by atoms with Crippen molar-refractivity contribution in [2.24, 2.45) is 5.92 Å². The second-order valence-corrected chi connectivity index (χ2v) is 6.56. The summed E-state index contributed by atoms with van der Waals surface area (Å²) in [5, 5.41) is 2.95. The number of hydrogen-bond acceptors (Lipinski definition) is 3. The van der Waals surface area contributed by atoms with Gasteiger partial charge in [0.25, 0.3) is 0 Å². The van der Waals surface area contributed by atoms with E-state index in [0.29, 0.717) is 18.0 Å². The molecule has 1 aliphatic rings. The first kappa shape index (κ1) is 14.3. The normalized spacial score (nSPS) is 16.3. The van der Waals surface area contributed by atoms with Crippen molar-refractivity contribution >= 4 is 29.0 Å². The van der Waals surface area contributed by atoms with Crippen LogP contribution in [0, 0.1) is 19.8 Å². The summed E-state index contributed by atoms with van der Waals surface area (Å²) in [7, 11) is 0. The summed E-state index contributed by atoms with van der Waals surface area (Å²) in [5.41, 5.74) is 9.65. The number of carbonyl (C=O) groups excluding carboxylic acids is 1. The fourth-order valence-electron chi connectivity index (χ4n) is 2.36. The number of nitrogen functional groups attached to an aromatic ring is 1. The summed E-state index contributed by atoms with van der Waals surface area (Å²) < 4.78 is 0. The van der Waals surface area contributed by atoms with E-state index in [-0.39, 0.29) is 5.91 Å². The Hall–Kier alpha value is -1.16. The van der Waals surface area contributed by atoms with E-state index in [1.54, 1.807) is 0 Å². The molecule has 0 atom stereocenters. The smallest absolute Gasteiger partial charge is 0.224 e. The van der Waals surface area contributed by atoms with Gasteiger partial charge in [-0.25, -0.2) is 0 Å². The topological polar surface area (TPSA) is 55.1 Å². The molecule has 2 rings (SSSR count). The van der Waals surface area contributed by atoms with Crippen molar-refractivity contribution in [2.75, 3.05) is 22.6 Å². The average Bonchev–Trinajstić information content (AvgIpc) is 2.37. The van der Waals surface area contributed by atoms with E-state index in [4.69, 9.17) is 5.73 Å². The third-order valence-corrected chi connectivity index (χ3v) is 4.80. The van der Waals surface area contributed by atoms with Gasteiger partial charge in [0.15, 0.2) is 0 Å². The molecule has 1 saturated heterocycles. The number of nitrogens with one attached hydrogen (secondary N) is 1. The molecule has 1 amide bonds. The zero-order chi connectivity index (χ0) is 13.8. The molecule has 3 N–H and O–H groups in total. The number of aryl methyl sites for hydroxylation is 2. The predicted molar refractivity (Wildman–Crippen MR) is 83.6 cm³/mol. The molecule has 1 aromatic carbocycles. The molecular weight excluding hydrogens is 256 g/mol. The summed E-state index contributed by atoms with van der Waals surface area (Å²) in [6, 6.07) is 3.88. The van der Waals surface area contributed by atoms with Gasteiger partial charge in [-0.3, -0.25) is 4.79 Å². The van der Waals surface area contributed by atoms with Gasteiger partial charge in [0, 0.05) is 6.42 Å². The molecule has 1 fully saturated rings. The highest BCUT2D eigenvalue weighted by Crippen LogP contribution is 2.27. The maximum absolute atomic E-state index is 12.1. The van der Waals surface area contributed by atoms with Crippen LogP contribution in [0.3, 0.4) is 0 Å². The van der Waals surface area contributed by atoms with Gasteiger partial charge >= 0.3 is 0 Å². The molecule has 0 aromatic heterocycles. The highest BCUT2D eigenvalue weighted by Gasteiger charge is 2.17.